The number of rotatable bonds is 3. The van der Waals surface area contributed by atoms with Crippen molar-refractivity contribution in [3.05, 3.63) is 0 Å². The van der Waals surface area contributed by atoms with Gasteiger partial charge in [0.25, 0.3) is 0 Å². The smallest absolute Gasteiger partial charge is 0.184 e. The predicted octanol–water partition coefficient (Wildman–Crippen LogP) is 1.74. The van der Waals surface area contributed by atoms with Crippen LogP contribution in [0, 0.1) is 0 Å². The first-order chi connectivity index (χ1) is 6.03. The molecule has 0 spiro atoms. The van der Waals surface area contributed by atoms with Gasteiger partial charge < -0.3 is 9.84 Å². The van der Waals surface area contributed by atoms with Crippen molar-refractivity contribution in [2.45, 2.75) is 51.7 Å². The zero-order valence-electron chi connectivity index (χ0n) is 8.71. The van der Waals surface area contributed by atoms with Crippen LogP contribution in [0.5, 0.6) is 0 Å². The SMILES string of the molecule is CC1CC(C)(C)N=C(CCCO)O1. The van der Waals surface area contributed by atoms with Gasteiger partial charge in [0, 0.05) is 19.4 Å². The van der Waals surface area contributed by atoms with E-state index in [1.165, 1.54) is 0 Å². The molecule has 0 saturated carbocycles. The topological polar surface area (TPSA) is 41.8 Å². The van der Waals surface area contributed by atoms with Gasteiger partial charge in [-0.05, 0) is 27.2 Å². The Labute approximate surface area is 79.8 Å². The van der Waals surface area contributed by atoms with E-state index in [-0.39, 0.29) is 18.2 Å². The third kappa shape index (κ3) is 3.35. The minimum Gasteiger partial charge on any atom is -0.478 e. The molecule has 1 unspecified atom stereocenters. The average molecular weight is 185 g/mol. The number of aliphatic imine (C=N–C) groups is 1. The number of aliphatic hydroxyl groups is 1. The summed E-state index contributed by atoms with van der Waals surface area (Å²) in [5.74, 6) is 0.804. The van der Waals surface area contributed by atoms with Crippen molar-refractivity contribution in [2.75, 3.05) is 6.61 Å². The van der Waals surface area contributed by atoms with Gasteiger partial charge in [-0.2, -0.15) is 0 Å². The van der Waals surface area contributed by atoms with Crippen molar-refractivity contribution in [1.29, 1.82) is 0 Å². The van der Waals surface area contributed by atoms with Crippen molar-refractivity contribution in [1.82, 2.24) is 0 Å². The van der Waals surface area contributed by atoms with Gasteiger partial charge in [-0.25, -0.2) is 4.99 Å². The van der Waals surface area contributed by atoms with Gasteiger partial charge >= 0.3 is 0 Å². The second kappa shape index (κ2) is 4.09. The summed E-state index contributed by atoms with van der Waals surface area (Å²) in [6, 6.07) is 0. The molecule has 0 aromatic carbocycles. The highest BCUT2D eigenvalue weighted by atomic mass is 16.5. The fourth-order valence-electron chi connectivity index (χ4n) is 1.73. The largest absolute Gasteiger partial charge is 0.478 e. The maximum absolute atomic E-state index is 8.68. The minimum absolute atomic E-state index is 0.00244. The first-order valence-electron chi connectivity index (χ1n) is 4.90. The maximum atomic E-state index is 8.68. The third-order valence-corrected chi connectivity index (χ3v) is 2.10. The van der Waals surface area contributed by atoms with E-state index in [0.29, 0.717) is 0 Å². The summed E-state index contributed by atoms with van der Waals surface area (Å²) in [5, 5.41) is 8.68. The minimum atomic E-state index is 0.00244. The van der Waals surface area contributed by atoms with Gasteiger partial charge in [-0.1, -0.05) is 0 Å². The highest BCUT2D eigenvalue weighted by molar-refractivity contribution is 5.77. The van der Waals surface area contributed by atoms with Gasteiger partial charge in [0.05, 0.1) is 11.6 Å². The summed E-state index contributed by atoms with van der Waals surface area (Å²) in [6.07, 6.45) is 2.71. The van der Waals surface area contributed by atoms with Gasteiger partial charge in [0.15, 0.2) is 5.90 Å². The molecule has 13 heavy (non-hydrogen) atoms. The lowest BCUT2D eigenvalue weighted by Crippen LogP contribution is -2.33. The molecule has 0 saturated heterocycles. The third-order valence-electron chi connectivity index (χ3n) is 2.10. The van der Waals surface area contributed by atoms with Crippen LogP contribution in [0.4, 0.5) is 0 Å². The van der Waals surface area contributed by atoms with Crippen LogP contribution in [-0.4, -0.2) is 29.3 Å². The maximum Gasteiger partial charge on any atom is 0.184 e. The molecule has 1 atom stereocenters. The molecule has 1 aliphatic heterocycles. The Morgan fingerprint density at radius 2 is 2.31 bits per heavy atom. The number of nitrogens with zero attached hydrogens (tertiary/aromatic N) is 1. The summed E-state index contributed by atoms with van der Waals surface area (Å²) >= 11 is 0. The molecule has 0 aromatic rings. The summed E-state index contributed by atoms with van der Waals surface area (Å²) in [7, 11) is 0. The Bertz CT molecular complexity index is 199. The lowest BCUT2D eigenvalue weighted by molar-refractivity contribution is 0.137. The highest BCUT2D eigenvalue weighted by Crippen LogP contribution is 2.24. The van der Waals surface area contributed by atoms with Crippen LogP contribution in [0.25, 0.3) is 0 Å². The van der Waals surface area contributed by atoms with Crippen molar-refractivity contribution in [2.24, 2.45) is 4.99 Å². The summed E-state index contributed by atoms with van der Waals surface area (Å²) in [4.78, 5) is 4.49. The lowest BCUT2D eigenvalue weighted by atomic mass is 9.97. The fraction of sp³-hybridized carbons (Fsp3) is 0.900. The first kappa shape index (κ1) is 10.5. The second-order valence-electron chi connectivity index (χ2n) is 4.28. The highest BCUT2D eigenvalue weighted by Gasteiger charge is 2.27. The molecule has 76 valence electrons. The number of aliphatic hydroxyl groups excluding tert-OH is 1. The average Bonchev–Trinajstić information content (AvgIpc) is 1.97. The van der Waals surface area contributed by atoms with Gasteiger partial charge in [-0.3, -0.25) is 0 Å². The molecule has 3 heteroatoms. The molecule has 0 amide bonds. The number of ether oxygens (including phenoxy) is 1. The van der Waals surface area contributed by atoms with Crippen molar-refractivity contribution >= 4 is 5.90 Å². The standard InChI is InChI=1S/C10H19NO2/c1-8-7-10(2,3)11-9(13-8)5-4-6-12/h8,12H,4-7H2,1-3H3. The Hall–Kier alpha value is -0.570. The normalized spacial score (nSPS) is 26.5. The molecule has 1 aliphatic rings. The molecule has 0 aromatic heterocycles. The number of hydrogen-bond acceptors (Lipinski definition) is 3. The van der Waals surface area contributed by atoms with E-state index in [0.717, 1.165) is 25.2 Å². The first-order valence-corrected chi connectivity index (χ1v) is 4.90. The van der Waals surface area contributed by atoms with Gasteiger partial charge in [0.1, 0.15) is 0 Å². The van der Waals surface area contributed by atoms with Crippen molar-refractivity contribution in [3.8, 4) is 0 Å². The zero-order chi connectivity index (χ0) is 9.90. The van der Waals surface area contributed by atoms with Crippen LogP contribution in [-0.2, 0) is 4.74 Å². The van der Waals surface area contributed by atoms with Crippen LogP contribution < -0.4 is 0 Å². The lowest BCUT2D eigenvalue weighted by Gasteiger charge is -2.31. The summed E-state index contributed by atoms with van der Waals surface area (Å²) in [5.41, 5.74) is 0.00244. The van der Waals surface area contributed by atoms with Crippen LogP contribution >= 0.6 is 0 Å². The zero-order valence-corrected chi connectivity index (χ0v) is 8.71. The molecular weight excluding hydrogens is 166 g/mol. The van der Waals surface area contributed by atoms with Crippen LogP contribution in [0.15, 0.2) is 4.99 Å². The van der Waals surface area contributed by atoms with Crippen molar-refractivity contribution < 1.29 is 9.84 Å². The Morgan fingerprint density at radius 3 is 2.85 bits per heavy atom. The van der Waals surface area contributed by atoms with Crippen LogP contribution in [0.1, 0.15) is 40.0 Å². The van der Waals surface area contributed by atoms with E-state index in [1.807, 2.05) is 0 Å². The van der Waals surface area contributed by atoms with Gasteiger partial charge in [0.2, 0.25) is 0 Å². The molecule has 3 nitrogen and oxygen atoms in total. The Morgan fingerprint density at radius 1 is 1.62 bits per heavy atom. The fourth-order valence-corrected chi connectivity index (χ4v) is 1.73. The quantitative estimate of drug-likeness (QED) is 0.727. The number of hydrogen-bond donors (Lipinski definition) is 1. The Balaban J connectivity index is 2.57. The molecule has 1 rings (SSSR count). The molecule has 0 fully saturated rings. The van der Waals surface area contributed by atoms with Crippen LogP contribution in [0.3, 0.4) is 0 Å². The van der Waals surface area contributed by atoms with Gasteiger partial charge in [-0.15, -0.1) is 0 Å². The molecule has 0 aliphatic carbocycles. The second-order valence-corrected chi connectivity index (χ2v) is 4.28. The van der Waals surface area contributed by atoms with E-state index in [9.17, 15) is 0 Å². The molecule has 1 heterocycles. The van der Waals surface area contributed by atoms with E-state index >= 15 is 0 Å². The van der Waals surface area contributed by atoms with E-state index in [4.69, 9.17) is 9.84 Å². The van der Waals surface area contributed by atoms with Crippen LogP contribution in [0.2, 0.25) is 0 Å². The molecule has 0 radical (unpaired) electrons. The molecular formula is C10H19NO2. The van der Waals surface area contributed by atoms with E-state index in [2.05, 4.69) is 25.8 Å². The molecule has 1 N–H and O–H groups in total. The summed E-state index contributed by atoms with van der Waals surface area (Å²) < 4.78 is 5.56. The van der Waals surface area contributed by atoms with E-state index in [1.54, 1.807) is 0 Å². The Kier molecular flexibility index (Phi) is 3.31. The summed E-state index contributed by atoms with van der Waals surface area (Å²) in [6.45, 7) is 6.50. The predicted molar refractivity (Wildman–Crippen MR) is 53.0 cm³/mol. The van der Waals surface area contributed by atoms with E-state index < -0.39 is 0 Å². The molecule has 0 bridgehead atoms. The monoisotopic (exact) mass is 185 g/mol. The van der Waals surface area contributed by atoms with Crippen molar-refractivity contribution in [3.63, 3.8) is 0 Å².